The molecular formula is C46H47N3O4. The Morgan fingerprint density at radius 3 is 2.15 bits per heavy atom. The van der Waals surface area contributed by atoms with Crippen LogP contribution in [0.15, 0.2) is 146 Å². The summed E-state index contributed by atoms with van der Waals surface area (Å²) in [5.41, 5.74) is 8.28. The van der Waals surface area contributed by atoms with Gasteiger partial charge in [-0.2, -0.15) is 0 Å². The number of urea groups is 1. The molecule has 0 bridgehead atoms. The van der Waals surface area contributed by atoms with E-state index in [0.29, 0.717) is 19.5 Å². The maximum Gasteiger partial charge on any atom is 0.315 e. The molecular weight excluding hydrogens is 659 g/mol. The van der Waals surface area contributed by atoms with E-state index < -0.39 is 6.29 Å². The van der Waals surface area contributed by atoms with Gasteiger partial charge in [0.25, 0.3) is 0 Å². The predicted octanol–water partition coefficient (Wildman–Crippen LogP) is 9.24. The van der Waals surface area contributed by atoms with Crippen molar-refractivity contribution < 1.29 is 19.4 Å². The Labute approximate surface area is 312 Å². The molecule has 1 saturated heterocycles. The number of benzene rings is 6. The molecule has 0 aliphatic carbocycles. The van der Waals surface area contributed by atoms with E-state index in [1.165, 1.54) is 16.3 Å². The van der Waals surface area contributed by atoms with E-state index in [-0.39, 0.29) is 30.9 Å². The SMILES string of the molecule is C[C@H](c1ccc2ccccc2c1)N(C)C[C@@H]1C[C@H](c2ccc(CO)cc2)O[C@H](c2cccc(-c3cccc(CNC(=O)NCc4ccccc4)c3)c2)O1. The highest BCUT2D eigenvalue weighted by atomic mass is 16.7. The molecule has 0 radical (unpaired) electrons. The van der Waals surface area contributed by atoms with Crippen molar-refractivity contribution in [3.63, 3.8) is 0 Å². The topological polar surface area (TPSA) is 83.1 Å². The summed E-state index contributed by atoms with van der Waals surface area (Å²) in [7, 11) is 2.16. The van der Waals surface area contributed by atoms with Crippen molar-refractivity contribution in [2.45, 2.75) is 57.6 Å². The van der Waals surface area contributed by atoms with Crippen LogP contribution in [-0.4, -0.2) is 35.7 Å². The second kappa shape index (κ2) is 17.0. The first-order chi connectivity index (χ1) is 25.9. The Morgan fingerprint density at radius 1 is 0.698 bits per heavy atom. The van der Waals surface area contributed by atoms with E-state index in [0.717, 1.165) is 45.5 Å². The number of hydrogen-bond donors (Lipinski definition) is 3. The normalized spacial score (nSPS) is 17.8. The zero-order valence-corrected chi connectivity index (χ0v) is 30.3. The largest absolute Gasteiger partial charge is 0.392 e. The molecule has 6 aromatic rings. The van der Waals surface area contributed by atoms with Crippen molar-refractivity contribution in [1.82, 2.24) is 15.5 Å². The minimum atomic E-state index is -0.571. The van der Waals surface area contributed by atoms with Crippen molar-refractivity contribution in [3.05, 3.63) is 179 Å². The Balaban J connectivity index is 1.06. The summed E-state index contributed by atoms with van der Waals surface area (Å²) in [5.74, 6) is 0. The smallest absolute Gasteiger partial charge is 0.315 e. The van der Waals surface area contributed by atoms with Crippen LogP contribution in [0.2, 0.25) is 0 Å². The summed E-state index contributed by atoms with van der Waals surface area (Å²) < 4.78 is 13.5. The molecule has 3 N–H and O–H groups in total. The van der Waals surface area contributed by atoms with Gasteiger partial charge in [0.15, 0.2) is 6.29 Å². The fraction of sp³-hybridized carbons (Fsp3) is 0.239. The van der Waals surface area contributed by atoms with Crippen molar-refractivity contribution >= 4 is 16.8 Å². The van der Waals surface area contributed by atoms with Crippen LogP contribution in [-0.2, 0) is 29.2 Å². The van der Waals surface area contributed by atoms with E-state index in [9.17, 15) is 9.90 Å². The minimum absolute atomic E-state index is 0.00311. The standard InChI is InChI=1S/C46H47N3O4/c1-32(38-23-22-36-13-6-7-14-40(36)25-38)49(2)30-43-27-44(37-20-18-34(31-50)19-21-37)53-45(52-43)42-17-9-16-41(26-42)39-15-8-12-35(24-39)29-48-46(51)47-28-33-10-4-3-5-11-33/h3-26,32,43-45,50H,27-31H2,1-2H3,(H2,47,48,51)/t32-,43+,44-,45-/m1/s1. The number of carbonyl (C=O) groups is 1. The lowest BCUT2D eigenvalue weighted by atomic mass is 9.97. The van der Waals surface area contributed by atoms with Gasteiger partial charge in [0.1, 0.15) is 0 Å². The number of aliphatic hydroxyl groups is 1. The number of nitrogens with zero attached hydrogens (tertiary/aromatic N) is 1. The zero-order chi connectivity index (χ0) is 36.6. The van der Waals surface area contributed by atoms with Gasteiger partial charge in [-0.3, -0.25) is 4.90 Å². The van der Waals surface area contributed by atoms with Gasteiger partial charge in [0.05, 0.1) is 18.8 Å². The third-order valence-electron chi connectivity index (χ3n) is 10.2. The molecule has 1 aliphatic heterocycles. The van der Waals surface area contributed by atoms with E-state index in [4.69, 9.17) is 9.47 Å². The van der Waals surface area contributed by atoms with Crippen LogP contribution in [0.4, 0.5) is 4.79 Å². The number of likely N-dealkylation sites (N-methyl/N-ethyl adjacent to an activating group) is 1. The lowest BCUT2D eigenvalue weighted by Crippen LogP contribution is -2.38. The van der Waals surface area contributed by atoms with Crippen LogP contribution < -0.4 is 10.6 Å². The van der Waals surface area contributed by atoms with Crippen LogP contribution in [0.25, 0.3) is 21.9 Å². The van der Waals surface area contributed by atoms with E-state index in [1.807, 2.05) is 60.7 Å². The lowest BCUT2D eigenvalue weighted by molar-refractivity contribution is -0.253. The number of ether oxygens (including phenoxy) is 2. The first-order valence-electron chi connectivity index (χ1n) is 18.4. The third kappa shape index (κ3) is 9.20. The molecule has 0 saturated carbocycles. The highest BCUT2D eigenvalue weighted by Crippen LogP contribution is 2.39. The van der Waals surface area contributed by atoms with Gasteiger partial charge in [-0.25, -0.2) is 4.79 Å². The maximum atomic E-state index is 12.5. The Hall–Kier alpha value is -5.31. The molecule has 1 fully saturated rings. The van der Waals surface area contributed by atoms with Gasteiger partial charge >= 0.3 is 6.03 Å². The Morgan fingerprint density at radius 2 is 1.38 bits per heavy atom. The summed E-state index contributed by atoms with van der Waals surface area (Å²) >= 11 is 0. The predicted molar refractivity (Wildman–Crippen MR) is 211 cm³/mol. The van der Waals surface area contributed by atoms with Gasteiger partial charge < -0.3 is 25.2 Å². The summed E-state index contributed by atoms with van der Waals surface area (Å²) in [5, 5.41) is 18.0. The highest BCUT2D eigenvalue weighted by molar-refractivity contribution is 5.83. The number of amides is 2. The Bertz CT molecular complexity index is 2120. The van der Waals surface area contributed by atoms with Gasteiger partial charge in [-0.05, 0) is 81.9 Å². The van der Waals surface area contributed by atoms with Crippen LogP contribution in [0.3, 0.4) is 0 Å². The lowest BCUT2D eigenvalue weighted by Gasteiger charge is -2.39. The van der Waals surface area contributed by atoms with Crippen molar-refractivity contribution in [1.29, 1.82) is 0 Å². The molecule has 0 unspecified atom stereocenters. The second-order valence-electron chi connectivity index (χ2n) is 13.9. The minimum Gasteiger partial charge on any atom is -0.392 e. The van der Waals surface area contributed by atoms with E-state index in [2.05, 4.69) is 114 Å². The molecule has 0 aromatic heterocycles. The van der Waals surface area contributed by atoms with Crippen LogP contribution >= 0.6 is 0 Å². The molecule has 270 valence electrons. The maximum absolute atomic E-state index is 12.5. The zero-order valence-electron chi connectivity index (χ0n) is 30.3. The quantitative estimate of drug-likeness (QED) is 0.118. The molecule has 1 heterocycles. The number of hydrogen-bond acceptors (Lipinski definition) is 5. The number of rotatable bonds is 12. The first-order valence-corrected chi connectivity index (χ1v) is 18.4. The van der Waals surface area contributed by atoms with Crippen molar-refractivity contribution in [3.8, 4) is 11.1 Å². The molecule has 7 rings (SSSR count). The van der Waals surface area contributed by atoms with Crippen molar-refractivity contribution in [2.75, 3.05) is 13.6 Å². The van der Waals surface area contributed by atoms with Gasteiger partial charge in [-0.15, -0.1) is 0 Å². The average molecular weight is 706 g/mol. The second-order valence-corrected chi connectivity index (χ2v) is 13.9. The van der Waals surface area contributed by atoms with Gasteiger partial charge in [0.2, 0.25) is 0 Å². The molecule has 6 aromatic carbocycles. The molecule has 0 spiro atoms. The number of aliphatic hydroxyl groups excluding tert-OH is 1. The molecule has 7 heteroatoms. The summed E-state index contributed by atoms with van der Waals surface area (Å²) in [6.45, 7) is 3.86. The fourth-order valence-corrected chi connectivity index (χ4v) is 6.98. The van der Waals surface area contributed by atoms with Gasteiger partial charge in [0, 0.05) is 37.7 Å². The third-order valence-corrected chi connectivity index (χ3v) is 10.2. The summed E-state index contributed by atoms with van der Waals surface area (Å²) in [4.78, 5) is 14.9. The Kier molecular flexibility index (Phi) is 11.6. The van der Waals surface area contributed by atoms with Gasteiger partial charge in [-0.1, -0.05) is 127 Å². The number of carbonyl (C=O) groups excluding carboxylic acids is 1. The number of fused-ring (bicyclic) bond motifs is 1. The van der Waals surface area contributed by atoms with Crippen LogP contribution in [0.1, 0.15) is 65.2 Å². The van der Waals surface area contributed by atoms with Crippen molar-refractivity contribution in [2.24, 2.45) is 0 Å². The summed E-state index contributed by atoms with van der Waals surface area (Å²) in [6.07, 6.45) is -0.131. The fourth-order valence-electron chi connectivity index (χ4n) is 6.98. The monoisotopic (exact) mass is 705 g/mol. The summed E-state index contributed by atoms with van der Waals surface area (Å²) in [6, 6.07) is 49.6. The molecule has 7 nitrogen and oxygen atoms in total. The first kappa shape index (κ1) is 36.1. The molecule has 1 aliphatic rings. The van der Waals surface area contributed by atoms with Crippen LogP contribution in [0.5, 0.6) is 0 Å². The van der Waals surface area contributed by atoms with E-state index in [1.54, 1.807) is 0 Å². The average Bonchev–Trinajstić information content (AvgIpc) is 3.22. The molecule has 53 heavy (non-hydrogen) atoms. The molecule has 2 amide bonds. The highest BCUT2D eigenvalue weighted by Gasteiger charge is 2.33. The molecule has 4 atom stereocenters. The van der Waals surface area contributed by atoms with E-state index >= 15 is 0 Å². The van der Waals surface area contributed by atoms with Crippen LogP contribution in [0, 0.1) is 0 Å². The number of nitrogens with one attached hydrogen (secondary N) is 2.